The molecule has 0 aliphatic rings. The third kappa shape index (κ3) is 6.82. The summed E-state index contributed by atoms with van der Waals surface area (Å²) in [5.74, 6) is 0.160. The zero-order valence-electron chi connectivity index (χ0n) is 13.9. The first-order valence-corrected chi connectivity index (χ1v) is 7.93. The second-order valence-corrected chi connectivity index (χ2v) is 5.05. The van der Waals surface area contributed by atoms with Gasteiger partial charge in [-0.1, -0.05) is 6.07 Å². The minimum absolute atomic E-state index is 0.0441. The maximum atomic E-state index is 11.9. The Kier molecular flexibility index (Phi) is 7.12. The van der Waals surface area contributed by atoms with Crippen LogP contribution in [0.25, 0.3) is 0 Å². The number of pyridine rings is 1. The van der Waals surface area contributed by atoms with Crippen LogP contribution in [0.5, 0.6) is 5.75 Å². The number of hydrazone groups is 1. The Morgan fingerprint density at radius 1 is 1.12 bits per heavy atom. The monoisotopic (exact) mass is 340 g/mol. The van der Waals surface area contributed by atoms with Crippen LogP contribution in [0.1, 0.15) is 25.5 Å². The number of ether oxygens (including phenoxy) is 1. The SMILES string of the molecule is CCOc1ccc(NC(=O)CCC(=O)NN=Cc2ccccn2)cc1. The number of carbonyl (C=O) groups is 2. The summed E-state index contributed by atoms with van der Waals surface area (Å²) in [6.07, 6.45) is 3.19. The second-order valence-electron chi connectivity index (χ2n) is 5.05. The lowest BCUT2D eigenvalue weighted by molar-refractivity contribution is -0.124. The number of rotatable bonds is 8. The highest BCUT2D eigenvalue weighted by molar-refractivity contribution is 5.93. The highest BCUT2D eigenvalue weighted by atomic mass is 16.5. The van der Waals surface area contributed by atoms with Gasteiger partial charge in [0.2, 0.25) is 11.8 Å². The Morgan fingerprint density at radius 3 is 2.56 bits per heavy atom. The second kappa shape index (κ2) is 9.82. The predicted molar refractivity (Wildman–Crippen MR) is 95.4 cm³/mol. The lowest BCUT2D eigenvalue weighted by atomic mass is 10.2. The van der Waals surface area contributed by atoms with Gasteiger partial charge in [0.05, 0.1) is 18.5 Å². The number of anilines is 1. The summed E-state index contributed by atoms with van der Waals surface area (Å²) in [4.78, 5) is 27.6. The van der Waals surface area contributed by atoms with E-state index >= 15 is 0 Å². The maximum Gasteiger partial charge on any atom is 0.240 e. The van der Waals surface area contributed by atoms with Crippen LogP contribution in [-0.2, 0) is 9.59 Å². The number of hydrogen-bond acceptors (Lipinski definition) is 5. The van der Waals surface area contributed by atoms with Crippen molar-refractivity contribution < 1.29 is 14.3 Å². The fourth-order valence-electron chi connectivity index (χ4n) is 1.93. The van der Waals surface area contributed by atoms with Gasteiger partial charge in [-0.15, -0.1) is 0 Å². The van der Waals surface area contributed by atoms with Crippen molar-refractivity contribution in [3.8, 4) is 5.75 Å². The average Bonchev–Trinajstić information content (AvgIpc) is 2.63. The highest BCUT2D eigenvalue weighted by Gasteiger charge is 2.07. The first-order valence-electron chi connectivity index (χ1n) is 7.93. The van der Waals surface area contributed by atoms with Crippen LogP contribution in [0.4, 0.5) is 5.69 Å². The van der Waals surface area contributed by atoms with Crippen molar-refractivity contribution >= 4 is 23.7 Å². The van der Waals surface area contributed by atoms with Crippen LogP contribution in [-0.4, -0.2) is 29.6 Å². The molecule has 2 N–H and O–H groups in total. The molecule has 0 radical (unpaired) electrons. The van der Waals surface area contributed by atoms with Crippen LogP contribution < -0.4 is 15.5 Å². The van der Waals surface area contributed by atoms with E-state index in [4.69, 9.17) is 4.74 Å². The van der Waals surface area contributed by atoms with E-state index in [0.717, 1.165) is 5.75 Å². The van der Waals surface area contributed by atoms with Crippen molar-refractivity contribution in [3.63, 3.8) is 0 Å². The van der Waals surface area contributed by atoms with E-state index in [-0.39, 0.29) is 24.7 Å². The fourth-order valence-corrected chi connectivity index (χ4v) is 1.93. The molecule has 0 unspecified atom stereocenters. The molecule has 0 saturated heterocycles. The molecule has 7 nitrogen and oxygen atoms in total. The van der Waals surface area contributed by atoms with E-state index in [1.807, 2.05) is 13.0 Å². The van der Waals surface area contributed by atoms with E-state index in [9.17, 15) is 9.59 Å². The number of nitrogens with zero attached hydrogens (tertiary/aromatic N) is 2. The van der Waals surface area contributed by atoms with Gasteiger partial charge in [0, 0.05) is 24.7 Å². The third-order valence-electron chi connectivity index (χ3n) is 3.10. The van der Waals surface area contributed by atoms with E-state index < -0.39 is 0 Å². The van der Waals surface area contributed by atoms with Gasteiger partial charge in [-0.2, -0.15) is 5.10 Å². The number of aromatic nitrogens is 1. The van der Waals surface area contributed by atoms with Gasteiger partial charge in [0.1, 0.15) is 5.75 Å². The van der Waals surface area contributed by atoms with E-state index in [1.165, 1.54) is 6.21 Å². The fraction of sp³-hybridized carbons (Fsp3) is 0.222. The van der Waals surface area contributed by atoms with Crippen LogP contribution in [0, 0.1) is 0 Å². The van der Waals surface area contributed by atoms with Gasteiger partial charge in [-0.3, -0.25) is 14.6 Å². The number of nitrogens with one attached hydrogen (secondary N) is 2. The summed E-state index contributed by atoms with van der Waals surface area (Å²) >= 11 is 0. The molecule has 0 aliphatic heterocycles. The molecule has 0 spiro atoms. The maximum absolute atomic E-state index is 11.9. The molecule has 0 atom stereocenters. The predicted octanol–water partition coefficient (Wildman–Crippen LogP) is 2.35. The highest BCUT2D eigenvalue weighted by Crippen LogP contribution is 2.15. The first-order chi connectivity index (χ1) is 12.2. The summed E-state index contributed by atoms with van der Waals surface area (Å²) < 4.78 is 5.33. The molecule has 2 amide bonds. The molecule has 25 heavy (non-hydrogen) atoms. The molecule has 1 aromatic heterocycles. The smallest absolute Gasteiger partial charge is 0.240 e. The van der Waals surface area contributed by atoms with E-state index in [0.29, 0.717) is 18.0 Å². The van der Waals surface area contributed by atoms with E-state index in [2.05, 4.69) is 20.8 Å². The largest absolute Gasteiger partial charge is 0.494 e. The van der Waals surface area contributed by atoms with Crippen LogP contribution in [0.2, 0.25) is 0 Å². The van der Waals surface area contributed by atoms with Crippen LogP contribution >= 0.6 is 0 Å². The summed E-state index contributed by atoms with van der Waals surface area (Å²) in [7, 11) is 0. The van der Waals surface area contributed by atoms with Gasteiger partial charge < -0.3 is 10.1 Å². The van der Waals surface area contributed by atoms with E-state index in [1.54, 1.807) is 42.6 Å². The van der Waals surface area contributed by atoms with Crippen LogP contribution in [0.3, 0.4) is 0 Å². The molecule has 2 rings (SSSR count). The minimum atomic E-state index is -0.339. The molecule has 0 aliphatic carbocycles. The van der Waals surface area contributed by atoms with Gasteiger partial charge in [0.25, 0.3) is 0 Å². The molecule has 0 bridgehead atoms. The first kappa shape index (κ1) is 18.1. The average molecular weight is 340 g/mol. The van der Waals surface area contributed by atoms with Gasteiger partial charge in [-0.05, 0) is 43.3 Å². The lowest BCUT2D eigenvalue weighted by Gasteiger charge is -2.07. The standard InChI is InChI=1S/C18H20N4O3/c1-2-25-16-8-6-14(7-9-16)21-17(23)10-11-18(24)22-20-13-15-5-3-4-12-19-15/h3-9,12-13H,2,10-11H2,1H3,(H,21,23)(H,22,24). The summed E-state index contributed by atoms with van der Waals surface area (Å²) in [6, 6.07) is 12.4. The zero-order chi connectivity index (χ0) is 17.9. The topological polar surface area (TPSA) is 92.7 Å². The summed E-state index contributed by atoms with van der Waals surface area (Å²) in [5, 5.41) is 6.52. The number of benzene rings is 1. The number of amides is 2. The Labute approximate surface area is 146 Å². The quantitative estimate of drug-likeness (QED) is 0.570. The summed E-state index contributed by atoms with van der Waals surface area (Å²) in [6.45, 7) is 2.49. The molecule has 2 aromatic rings. The van der Waals surface area contributed by atoms with Gasteiger partial charge >= 0.3 is 0 Å². The van der Waals surface area contributed by atoms with Crippen molar-refractivity contribution in [2.75, 3.05) is 11.9 Å². The summed E-state index contributed by atoms with van der Waals surface area (Å²) in [5.41, 5.74) is 3.66. The van der Waals surface area contributed by atoms with Crippen molar-refractivity contribution in [2.24, 2.45) is 5.10 Å². The molecular formula is C18H20N4O3. The van der Waals surface area contributed by atoms with Crippen molar-refractivity contribution in [1.29, 1.82) is 0 Å². The molecule has 7 heteroatoms. The molecule has 130 valence electrons. The number of carbonyl (C=O) groups excluding carboxylic acids is 2. The Balaban J connectivity index is 1.70. The number of hydrogen-bond donors (Lipinski definition) is 2. The zero-order valence-corrected chi connectivity index (χ0v) is 13.9. The van der Waals surface area contributed by atoms with Gasteiger partial charge in [-0.25, -0.2) is 5.43 Å². The molecule has 0 saturated carbocycles. The molecule has 1 heterocycles. The Morgan fingerprint density at radius 2 is 1.88 bits per heavy atom. The van der Waals surface area contributed by atoms with Crippen molar-refractivity contribution in [2.45, 2.75) is 19.8 Å². The molecule has 0 fully saturated rings. The Hall–Kier alpha value is -3.22. The molecular weight excluding hydrogens is 320 g/mol. The van der Waals surface area contributed by atoms with Crippen molar-refractivity contribution in [1.82, 2.24) is 10.4 Å². The lowest BCUT2D eigenvalue weighted by Crippen LogP contribution is -2.20. The minimum Gasteiger partial charge on any atom is -0.494 e. The normalized spacial score (nSPS) is 10.4. The third-order valence-corrected chi connectivity index (χ3v) is 3.10. The van der Waals surface area contributed by atoms with Crippen LogP contribution in [0.15, 0.2) is 53.8 Å². The van der Waals surface area contributed by atoms with Gasteiger partial charge in [0.15, 0.2) is 0 Å². The molecule has 1 aromatic carbocycles. The van der Waals surface area contributed by atoms with Crippen molar-refractivity contribution in [3.05, 3.63) is 54.4 Å². The Bertz CT molecular complexity index is 715.